The molecule has 2 rings (SSSR count). The summed E-state index contributed by atoms with van der Waals surface area (Å²) in [5.41, 5.74) is 0.928. The Morgan fingerprint density at radius 1 is 0.710 bits per heavy atom. The van der Waals surface area contributed by atoms with Crippen LogP contribution < -0.4 is 4.57 Å². The van der Waals surface area contributed by atoms with Crippen LogP contribution in [0.2, 0.25) is 0 Å². The third-order valence-electron chi connectivity index (χ3n) is 5.36. The monoisotopic (exact) mass is 447 g/mol. The minimum atomic E-state index is -4.27. The van der Waals surface area contributed by atoms with Gasteiger partial charge in [0.2, 0.25) is 0 Å². The molecule has 1 heterocycles. The van der Waals surface area contributed by atoms with E-state index in [1.165, 1.54) is 95.7 Å². The van der Waals surface area contributed by atoms with Crippen molar-refractivity contribution in [1.29, 1.82) is 0 Å². The Morgan fingerprint density at radius 3 is 1.61 bits per heavy atom. The van der Waals surface area contributed by atoms with Crippen molar-refractivity contribution >= 4 is 10.1 Å². The standard InChI is InChI=1S/C19H34N.C7H8O3S/c1-2-3-4-5-6-7-8-9-10-11-12-14-17-20-18-15-13-16-19-20;1-6-2-4-7(5-3-6)11(8,9)10/h13,15-16,18-19H,2-12,14,17H2,1H3;2-5H,1H3,(H,8,9,10)/q+1;/p-1. The molecule has 0 aliphatic heterocycles. The van der Waals surface area contributed by atoms with E-state index in [4.69, 9.17) is 0 Å². The maximum absolute atomic E-state index is 10.4. The maximum Gasteiger partial charge on any atom is 0.168 e. The van der Waals surface area contributed by atoms with Gasteiger partial charge in [0, 0.05) is 18.6 Å². The van der Waals surface area contributed by atoms with Crippen LogP contribution in [0.15, 0.2) is 59.8 Å². The van der Waals surface area contributed by atoms with Gasteiger partial charge >= 0.3 is 0 Å². The molecular weight excluding hydrogens is 406 g/mol. The molecule has 2 aromatic rings. The van der Waals surface area contributed by atoms with Gasteiger partial charge in [0.05, 0.1) is 4.90 Å². The Bertz CT molecular complexity index is 774. The first-order chi connectivity index (χ1) is 14.9. The summed E-state index contributed by atoms with van der Waals surface area (Å²) in [5.74, 6) is 0. The summed E-state index contributed by atoms with van der Waals surface area (Å²) >= 11 is 0. The van der Waals surface area contributed by atoms with Crippen LogP contribution >= 0.6 is 0 Å². The van der Waals surface area contributed by atoms with Crippen LogP contribution in [0.1, 0.15) is 89.5 Å². The van der Waals surface area contributed by atoms with E-state index in [1.54, 1.807) is 12.1 Å². The third-order valence-corrected chi connectivity index (χ3v) is 6.21. The summed E-state index contributed by atoms with van der Waals surface area (Å²) in [6, 6.07) is 12.1. The second kappa shape index (κ2) is 16.9. The first kappa shape index (κ1) is 27.3. The molecule has 1 aromatic carbocycles. The highest BCUT2D eigenvalue weighted by Gasteiger charge is 1.99. The van der Waals surface area contributed by atoms with Crippen molar-refractivity contribution in [2.24, 2.45) is 0 Å². The summed E-state index contributed by atoms with van der Waals surface area (Å²) in [6.45, 7) is 5.29. The molecule has 0 bridgehead atoms. The van der Waals surface area contributed by atoms with Crippen molar-refractivity contribution in [3.63, 3.8) is 0 Å². The number of rotatable bonds is 14. The quantitative estimate of drug-likeness (QED) is 0.187. The first-order valence-corrected chi connectivity index (χ1v) is 13.3. The Kier molecular flexibility index (Phi) is 14.9. The van der Waals surface area contributed by atoms with Crippen molar-refractivity contribution in [2.45, 2.75) is 102 Å². The molecule has 0 fully saturated rings. The number of unbranched alkanes of at least 4 members (excludes halogenated alkanes) is 11. The Labute approximate surface area is 190 Å². The molecule has 0 unspecified atom stereocenters. The van der Waals surface area contributed by atoms with E-state index in [2.05, 4.69) is 42.1 Å². The van der Waals surface area contributed by atoms with Crippen LogP contribution in [0.3, 0.4) is 0 Å². The van der Waals surface area contributed by atoms with E-state index in [0.717, 1.165) is 5.56 Å². The average molecular weight is 448 g/mol. The highest BCUT2D eigenvalue weighted by molar-refractivity contribution is 7.85. The zero-order valence-electron chi connectivity index (χ0n) is 19.5. The van der Waals surface area contributed by atoms with Gasteiger partial charge in [-0.3, -0.25) is 0 Å². The van der Waals surface area contributed by atoms with Crippen molar-refractivity contribution in [3.05, 3.63) is 60.4 Å². The number of aromatic nitrogens is 1. The fourth-order valence-electron chi connectivity index (χ4n) is 3.42. The van der Waals surface area contributed by atoms with Crippen LogP contribution in [-0.4, -0.2) is 13.0 Å². The maximum atomic E-state index is 10.4. The molecule has 0 aliphatic rings. The molecule has 0 spiro atoms. The molecule has 5 heteroatoms. The van der Waals surface area contributed by atoms with Gasteiger partial charge in [-0.1, -0.05) is 94.9 Å². The van der Waals surface area contributed by atoms with E-state index in [1.807, 2.05) is 6.92 Å². The lowest BCUT2D eigenvalue weighted by atomic mass is 10.1. The summed E-state index contributed by atoms with van der Waals surface area (Å²) in [5, 5.41) is 0. The Hall–Kier alpha value is -1.72. The van der Waals surface area contributed by atoms with Gasteiger partial charge in [-0.05, 0) is 25.5 Å². The van der Waals surface area contributed by atoms with Crippen molar-refractivity contribution < 1.29 is 17.5 Å². The zero-order valence-corrected chi connectivity index (χ0v) is 20.3. The summed E-state index contributed by atoms with van der Waals surface area (Å²) in [6.07, 6.45) is 21.4. The Morgan fingerprint density at radius 2 is 1.16 bits per heavy atom. The summed E-state index contributed by atoms with van der Waals surface area (Å²) < 4.78 is 33.5. The smallest absolute Gasteiger partial charge is 0.168 e. The lowest BCUT2D eigenvalue weighted by Crippen LogP contribution is -2.32. The SMILES string of the molecule is CCCCCCCCCCCCCC[n+]1ccccc1.Cc1ccc(S(=O)(=O)[O-])cc1. The van der Waals surface area contributed by atoms with Gasteiger partial charge in [-0.25, -0.2) is 13.0 Å². The Balaban J connectivity index is 0.000000367. The topological polar surface area (TPSA) is 61.1 Å². The van der Waals surface area contributed by atoms with Gasteiger partial charge < -0.3 is 4.55 Å². The highest BCUT2D eigenvalue weighted by Crippen LogP contribution is 2.12. The minimum Gasteiger partial charge on any atom is -0.744 e. The normalized spacial score (nSPS) is 11.1. The lowest BCUT2D eigenvalue weighted by Gasteiger charge is -2.05. The molecule has 0 saturated heterocycles. The van der Waals surface area contributed by atoms with Crippen LogP contribution in [-0.2, 0) is 16.7 Å². The predicted octanol–water partition coefficient (Wildman–Crippen LogP) is 6.57. The fourth-order valence-corrected chi connectivity index (χ4v) is 3.89. The molecule has 0 radical (unpaired) electrons. The molecule has 0 amide bonds. The molecule has 0 saturated carbocycles. The van der Waals surface area contributed by atoms with Crippen LogP contribution in [0.4, 0.5) is 0 Å². The van der Waals surface area contributed by atoms with Crippen molar-refractivity contribution in [2.75, 3.05) is 0 Å². The molecular formula is C26H41NO3S. The molecule has 0 aliphatic carbocycles. The second-order valence-electron chi connectivity index (χ2n) is 8.27. The van der Waals surface area contributed by atoms with E-state index < -0.39 is 10.1 Å². The second-order valence-corrected chi connectivity index (χ2v) is 9.65. The van der Waals surface area contributed by atoms with Gasteiger partial charge in [0.1, 0.15) is 16.7 Å². The van der Waals surface area contributed by atoms with E-state index in [-0.39, 0.29) is 4.90 Å². The predicted molar refractivity (Wildman–Crippen MR) is 127 cm³/mol. The largest absolute Gasteiger partial charge is 0.744 e. The van der Waals surface area contributed by atoms with Gasteiger partial charge in [0.15, 0.2) is 12.4 Å². The van der Waals surface area contributed by atoms with E-state index >= 15 is 0 Å². The number of aryl methyl sites for hydroxylation is 2. The van der Waals surface area contributed by atoms with E-state index in [0.29, 0.717) is 0 Å². The van der Waals surface area contributed by atoms with Gasteiger partial charge in [-0.2, -0.15) is 0 Å². The number of benzene rings is 1. The first-order valence-electron chi connectivity index (χ1n) is 11.9. The lowest BCUT2D eigenvalue weighted by molar-refractivity contribution is -0.697. The average Bonchev–Trinajstić information content (AvgIpc) is 2.75. The zero-order chi connectivity index (χ0) is 22.8. The molecule has 31 heavy (non-hydrogen) atoms. The van der Waals surface area contributed by atoms with Crippen molar-refractivity contribution in [1.82, 2.24) is 0 Å². The summed E-state index contributed by atoms with van der Waals surface area (Å²) in [7, 11) is -4.27. The van der Waals surface area contributed by atoms with E-state index in [9.17, 15) is 13.0 Å². The minimum absolute atomic E-state index is 0.178. The van der Waals surface area contributed by atoms with Crippen LogP contribution in [0.5, 0.6) is 0 Å². The number of nitrogens with zero attached hydrogens (tertiary/aromatic N) is 1. The number of hydrogen-bond donors (Lipinski definition) is 0. The van der Waals surface area contributed by atoms with Gasteiger partial charge in [0.25, 0.3) is 0 Å². The third kappa shape index (κ3) is 14.8. The van der Waals surface area contributed by atoms with Crippen molar-refractivity contribution in [3.8, 4) is 0 Å². The van der Waals surface area contributed by atoms with Crippen LogP contribution in [0.25, 0.3) is 0 Å². The molecule has 0 N–H and O–H groups in total. The molecule has 0 atom stereocenters. The van der Waals surface area contributed by atoms with Gasteiger partial charge in [-0.15, -0.1) is 0 Å². The fraction of sp³-hybridized carbons (Fsp3) is 0.577. The summed E-state index contributed by atoms with van der Waals surface area (Å²) in [4.78, 5) is -0.178. The molecule has 1 aromatic heterocycles. The molecule has 174 valence electrons. The highest BCUT2D eigenvalue weighted by atomic mass is 32.2. The van der Waals surface area contributed by atoms with Crippen LogP contribution in [0, 0.1) is 6.92 Å². The molecule has 4 nitrogen and oxygen atoms in total. The number of hydrogen-bond acceptors (Lipinski definition) is 3. The number of pyridine rings is 1.